The Morgan fingerprint density at radius 3 is 2.71 bits per heavy atom. The van der Waals surface area contributed by atoms with Crippen molar-refractivity contribution in [2.45, 2.75) is 56.2 Å². The summed E-state index contributed by atoms with van der Waals surface area (Å²) in [5.74, 6) is 1.72. The highest BCUT2D eigenvalue weighted by Crippen LogP contribution is 2.48. The van der Waals surface area contributed by atoms with Gasteiger partial charge in [-0.25, -0.2) is 4.68 Å². The highest BCUT2D eigenvalue weighted by Gasteiger charge is 2.39. The summed E-state index contributed by atoms with van der Waals surface area (Å²) in [6.45, 7) is 0.574. The minimum Gasteiger partial charge on any atom is -0.491 e. The molecule has 2 aliphatic rings. The number of fused-ring (bicyclic) bond motifs is 3. The van der Waals surface area contributed by atoms with Gasteiger partial charge in [-0.15, -0.1) is 5.10 Å². The van der Waals surface area contributed by atoms with E-state index in [1.807, 2.05) is 18.2 Å². The lowest BCUT2D eigenvalue weighted by molar-refractivity contribution is 0.0888. The molecule has 2 heterocycles. The first-order valence-corrected chi connectivity index (χ1v) is 11.4. The van der Waals surface area contributed by atoms with Gasteiger partial charge in [0.2, 0.25) is 0 Å². The lowest BCUT2D eigenvalue weighted by Crippen LogP contribution is -2.27. The van der Waals surface area contributed by atoms with Crippen LogP contribution in [0.3, 0.4) is 0 Å². The predicted molar refractivity (Wildman–Crippen MR) is 121 cm³/mol. The summed E-state index contributed by atoms with van der Waals surface area (Å²) >= 11 is 6.29. The van der Waals surface area contributed by atoms with Gasteiger partial charge in [-0.1, -0.05) is 41.8 Å². The fourth-order valence-corrected chi connectivity index (χ4v) is 5.23. The maximum Gasteiger partial charge on any atom is 0.119 e. The average Bonchev–Trinajstić information content (AvgIpc) is 3.35. The second-order valence-corrected chi connectivity index (χ2v) is 8.99. The molecule has 1 aromatic heterocycles. The van der Waals surface area contributed by atoms with Crippen molar-refractivity contribution in [1.82, 2.24) is 15.0 Å². The molecule has 0 amide bonds. The van der Waals surface area contributed by atoms with Gasteiger partial charge in [-0.05, 0) is 54.3 Å². The number of benzene rings is 2. The molecule has 1 aliphatic heterocycles. The number of hydrogen-bond donors (Lipinski definition) is 2. The molecule has 31 heavy (non-hydrogen) atoms. The Kier molecular flexibility index (Phi) is 5.83. The molecule has 4 atom stereocenters. The summed E-state index contributed by atoms with van der Waals surface area (Å²) in [5.41, 5.74) is 3.93. The molecule has 5 rings (SSSR count). The number of anilines is 1. The standard InChI is InChI=1S/C24H27ClN4O2/c25-17-7-10-23-22(13-17)21-4-2-1-3-20(24(21)27-23)16-5-8-19(9-6-16)31-15-18(30)14-29-12-11-26-28-29/h5-13,18,20-21,24,27,30H,1-4,14-15H2. The molecule has 1 fully saturated rings. The van der Waals surface area contributed by atoms with Crippen molar-refractivity contribution >= 4 is 17.3 Å². The number of aliphatic hydroxyl groups is 1. The first-order chi connectivity index (χ1) is 15.2. The van der Waals surface area contributed by atoms with Gasteiger partial charge in [0.1, 0.15) is 18.5 Å². The average molecular weight is 439 g/mol. The summed E-state index contributed by atoms with van der Waals surface area (Å²) in [4.78, 5) is 0. The van der Waals surface area contributed by atoms with E-state index in [9.17, 15) is 5.11 Å². The van der Waals surface area contributed by atoms with Crippen molar-refractivity contribution in [3.63, 3.8) is 0 Å². The van der Waals surface area contributed by atoms with Gasteiger partial charge >= 0.3 is 0 Å². The second kappa shape index (κ2) is 8.89. The van der Waals surface area contributed by atoms with Gasteiger partial charge in [-0.2, -0.15) is 0 Å². The molecule has 0 spiro atoms. The van der Waals surface area contributed by atoms with Crippen molar-refractivity contribution in [3.05, 3.63) is 71.0 Å². The molecular formula is C24H27ClN4O2. The zero-order valence-electron chi connectivity index (χ0n) is 17.3. The lowest BCUT2D eigenvalue weighted by atomic mass is 9.82. The molecule has 3 aromatic rings. The van der Waals surface area contributed by atoms with Crippen LogP contribution >= 0.6 is 11.6 Å². The van der Waals surface area contributed by atoms with Crippen LogP contribution in [0.5, 0.6) is 5.75 Å². The molecule has 1 saturated carbocycles. The summed E-state index contributed by atoms with van der Waals surface area (Å²) < 4.78 is 7.39. The van der Waals surface area contributed by atoms with Crippen molar-refractivity contribution in [1.29, 1.82) is 0 Å². The van der Waals surface area contributed by atoms with Gasteiger partial charge < -0.3 is 15.2 Å². The number of hydrogen-bond acceptors (Lipinski definition) is 5. The molecule has 1 aliphatic carbocycles. The van der Waals surface area contributed by atoms with E-state index in [4.69, 9.17) is 16.3 Å². The minimum atomic E-state index is -0.642. The quantitative estimate of drug-likeness (QED) is 0.588. The zero-order chi connectivity index (χ0) is 21.2. The summed E-state index contributed by atoms with van der Waals surface area (Å²) in [6, 6.07) is 15.0. The van der Waals surface area contributed by atoms with E-state index in [0.717, 1.165) is 10.8 Å². The summed E-state index contributed by atoms with van der Waals surface area (Å²) in [6.07, 6.45) is 7.53. The maximum absolute atomic E-state index is 10.1. The van der Waals surface area contributed by atoms with Crippen LogP contribution < -0.4 is 10.1 Å². The summed E-state index contributed by atoms with van der Waals surface area (Å²) in [5, 5.41) is 22.4. The molecule has 7 heteroatoms. The number of halogens is 1. The second-order valence-electron chi connectivity index (χ2n) is 8.56. The van der Waals surface area contributed by atoms with Crippen molar-refractivity contribution < 1.29 is 9.84 Å². The number of aromatic nitrogens is 3. The van der Waals surface area contributed by atoms with E-state index in [1.54, 1.807) is 17.1 Å². The van der Waals surface area contributed by atoms with E-state index in [-0.39, 0.29) is 6.61 Å². The number of aliphatic hydroxyl groups excluding tert-OH is 1. The van der Waals surface area contributed by atoms with E-state index >= 15 is 0 Å². The normalized spacial score (nSPS) is 23.4. The Balaban J connectivity index is 1.26. The summed E-state index contributed by atoms with van der Waals surface area (Å²) in [7, 11) is 0. The van der Waals surface area contributed by atoms with Gasteiger partial charge in [-0.3, -0.25) is 0 Å². The molecule has 4 unspecified atom stereocenters. The van der Waals surface area contributed by atoms with Crippen LogP contribution in [0.2, 0.25) is 5.02 Å². The van der Waals surface area contributed by atoms with E-state index in [1.165, 1.54) is 42.5 Å². The maximum atomic E-state index is 10.1. The predicted octanol–water partition coefficient (Wildman–Crippen LogP) is 4.61. The van der Waals surface area contributed by atoms with E-state index < -0.39 is 6.10 Å². The molecule has 0 radical (unpaired) electrons. The van der Waals surface area contributed by atoms with Crippen molar-refractivity contribution in [3.8, 4) is 5.75 Å². The minimum absolute atomic E-state index is 0.213. The first kappa shape index (κ1) is 20.3. The van der Waals surface area contributed by atoms with Crippen LogP contribution in [0.25, 0.3) is 0 Å². The molecule has 2 N–H and O–H groups in total. The van der Waals surface area contributed by atoms with Gasteiger partial charge in [0, 0.05) is 34.8 Å². The monoisotopic (exact) mass is 438 g/mol. The van der Waals surface area contributed by atoms with Gasteiger partial charge in [0.15, 0.2) is 0 Å². The van der Waals surface area contributed by atoms with Crippen LogP contribution in [-0.2, 0) is 6.54 Å². The fraction of sp³-hybridized carbons (Fsp3) is 0.417. The number of nitrogens with one attached hydrogen (secondary N) is 1. The molecule has 0 bridgehead atoms. The molecule has 0 saturated heterocycles. The van der Waals surface area contributed by atoms with Crippen LogP contribution in [0, 0.1) is 0 Å². The van der Waals surface area contributed by atoms with Gasteiger partial charge in [0.25, 0.3) is 0 Å². The highest BCUT2D eigenvalue weighted by molar-refractivity contribution is 6.30. The molecule has 6 nitrogen and oxygen atoms in total. The van der Waals surface area contributed by atoms with Crippen molar-refractivity contribution in [2.24, 2.45) is 0 Å². The van der Waals surface area contributed by atoms with Crippen LogP contribution in [0.4, 0.5) is 5.69 Å². The third kappa shape index (κ3) is 4.41. The molecular weight excluding hydrogens is 412 g/mol. The van der Waals surface area contributed by atoms with E-state index in [2.05, 4.69) is 39.9 Å². The number of ether oxygens (including phenoxy) is 1. The lowest BCUT2D eigenvalue weighted by Gasteiger charge is -2.27. The third-order valence-corrected chi connectivity index (χ3v) is 6.74. The Morgan fingerprint density at radius 1 is 1.13 bits per heavy atom. The number of nitrogens with zero attached hydrogens (tertiary/aromatic N) is 3. The largest absolute Gasteiger partial charge is 0.491 e. The molecule has 2 aromatic carbocycles. The SMILES string of the molecule is OC(COc1ccc(C2CCCCC3c4cc(Cl)ccc4NC23)cc1)Cn1ccnn1. The first-order valence-electron chi connectivity index (χ1n) is 11.0. The van der Waals surface area contributed by atoms with Crippen LogP contribution in [-0.4, -0.2) is 38.9 Å². The smallest absolute Gasteiger partial charge is 0.119 e. The van der Waals surface area contributed by atoms with Crippen molar-refractivity contribution in [2.75, 3.05) is 11.9 Å². The third-order valence-electron chi connectivity index (χ3n) is 6.50. The highest BCUT2D eigenvalue weighted by atomic mass is 35.5. The molecule has 162 valence electrons. The topological polar surface area (TPSA) is 72.2 Å². The Labute approximate surface area is 187 Å². The number of rotatable bonds is 6. The van der Waals surface area contributed by atoms with Crippen LogP contribution in [0.1, 0.15) is 48.6 Å². The van der Waals surface area contributed by atoms with Crippen LogP contribution in [0.15, 0.2) is 54.9 Å². The Hall–Kier alpha value is -2.57. The Bertz CT molecular complexity index is 1010. The van der Waals surface area contributed by atoms with Gasteiger partial charge in [0.05, 0.1) is 12.7 Å². The zero-order valence-corrected chi connectivity index (χ0v) is 18.1. The Morgan fingerprint density at radius 2 is 1.94 bits per heavy atom. The fourth-order valence-electron chi connectivity index (χ4n) is 5.05. The van der Waals surface area contributed by atoms with E-state index in [0.29, 0.717) is 24.4 Å².